The maximum absolute atomic E-state index is 5.02. The van der Waals surface area contributed by atoms with Crippen molar-refractivity contribution in [2.75, 3.05) is 0 Å². The third kappa shape index (κ3) is 6.06. The quantitative estimate of drug-likeness (QED) is 0.162. The van der Waals surface area contributed by atoms with Crippen LogP contribution in [0.1, 0.15) is 0 Å². The van der Waals surface area contributed by atoms with Gasteiger partial charge in [-0.3, -0.25) is 0 Å². The first kappa shape index (κ1) is 35.5. The zero-order valence-electron chi connectivity index (χ0n) is 33.6. The van der Waals surface area contributed by atoms with E-state index in [0.29, 0.717) is 17.5 Å². The smallest absolute Gasteiger partial charge is 0.164 e. The Labute approximate surface area is 358 Å². The molecular formula is C57H37N5. The van der Waals surface area contributed by atoms with Crippen LogP contribution in [0.3, 0.4) is 0 Å². The summed E-state index contributed by atoms with van der Waals surface area (Å²) in [6.45, 7) is 0. The topological polar surface area (TPSA) is 48.5 Å². The maximum Gasteiger partial charge on any atom is 0.164 e. The van der Waals surface area contributed by atoms with Crippen molar-refractivity contribution in [2.24, 2.45) is 0 Å². The van der Waals surface area contributed by atoms with E-state index < -0.39 is 0 Å². The van der Waals surface area contributed by atoms with Gasteiger partial charge in [0.25, 0.3) is 0 Å². The average Bonchev–Trinajstić information content (AvgIpc) is 3.87. The summed E-state index contributed by atoms with van der Waals surface area (Å²) in [5, 5.41) is 4.90. The molecule has 12 aromatic rings. The molecule has 3 aromatic heterocycles. The van der Waals surface area contributed by atoms with Crippen LogP contribution < -0.4 is 0 Å². The molecule has 12 rings (SSSR count). The Morgan fingerprint density at radius 3 is 1.32 bits per heavy atom. The lowest BCUT2D eigenvalue weighted by Crippen LogP contribution is -2.00. The van der Waals surface area contributed by atoms with E-state index in [4.69, 9.17) is 15.0 Å². The molecule has 9 aromatic carbocycles. The van der Waals surface area contributed by atoms with E-state index in [1.54, 1.807) is 0 Å². The first-order valence-electron chi connectivity index (χ1n) is 20.9. The molecule has 0 radical (unpaired) electrons. The Kier molecular flexibility index (Phi) is 8.42. The van der Waals surface area contributed by atoms with Crippen molar-refractivity contribution in [3.05, 3.63) is 224 Å². The van der Waals surface area contributed by atoms with Gasteiger partial charge in [0, 0.05) is 49.6 Å². The molecule has 0 N–H and O–H groups in total. The average molecular weight is 792 g/mol. The molecule has 0 atom stereocenters. The molecule has 290 valence electrons. The predicted octanol–water partition coefficient (Wildman–Crippen LogP) is 14.4. The fourth-order valence-corrected chi connectivity index (χ4v) is 9.04. The zero-order valence-corrected chi connectivity index (χ0v) is 33.6. The Morgan fingerprint density at radius 2 is 0.645 bits per heavy atom. The van der Waals surface area contributed by atoms with E-state index in [0.717, 1.165) is 50.3 Å². The second kappa shape index (κ2) is 14.7. The van der Waals surface area contributed by atoms with Gasteiger partial charge in [-0.05, 0) is 82.9 Å². The molecule has 0 bridgehead atoms. The van der Waals surface area contributed by atoms with Crippen LogP contribution >= 0.6 is 0 Å². The Hall–Kier alpha value is -8.41. The second-order valence-corrected chi connectivity index (χ2v) is 15.7. The molecule has 0 fully saturated rings. The minimum Gasteiger partial charge on any atom is -0.309 e. The SMILES string of the molecule is c1ccc(-c2nc(-c3ccccc3)nc(-c3cccc(-c4ccc5c6ccccc6n(-c6cccc(-c7ccc8c(c7)c7ccccc7n8-c7ccccc7)c6)c5c4)c3)n2)cc1. The van der Waals surface area contributed by atoms with Gasteiger partial charge < -0.3 is 9.13 Å². The second-order valence-electron chi connectivity index (χ2n) is 15.7. The summed E-state index contributed by atoms with van der Waals surface area (Å²) >= 11 is 0. The summed E-state index contributed by atoms with van der Waals surface area (Å²) in [5.41, 5.74) is 14.3. The number of nitrogens with zero attached hydrogens (tertiary/aromatic N) is 5. The molecule has 62 heavy (non-hydrogen) atoms. The Balaban J connectivity index is 0.971. The van der Waals surface area contributed by atoms with Crippen molar-refractivity contribution >= 4 is 43.6 Å². The van der Waals surface area contributed by atoms with E-state index in [-0.39, 0.29) is 0 Å². The molecule has 5 nitrogen and oxygen atoms in total. The number of para-hydroxylation sites is 3. The molecular weight excluding hydrogens is 755 g/mol. The Bertz CT molecular complexity index is 3570. The van der Waals surface area contributed by atoms with Crippen LogP contribution in [-0.2, 0) is 0 Å². The number of hydrogen-bond donors (Lipinski definition) is 0. The van der Waals surface area contributed by atoms with Crippen LogP contribution in [-0.4, -0.2) is 24.1 Å². The van der Waals surface area contributed by atoms with Crippen molar-refractivity contribution in [2.45, 2.75) is 0 Å². The molecule has 5 heteroatoms. The number of hydrogen-bond acceptors (Lipinski definition) is 3. The standard InChI is InChI=1S/C57H37N5/c1-4-16-38(17-5-1)55-58-56(39-18-6-2-7-19-39)60-57(59-55)44-22-14-20-40(34-44)43-30-32-49-47-26-10-12-28-51(47)62(54(49)37-43)46-25-15-21-41(35-46)42-31-33-53-50(36-42)48-27-11-13-29-52(48)61(53)45-23-8-3-9-24-45/h1-37H. The lowest BCUT2D eigenvalue weighted by atomic mass is 10.0. The first-order chi connectivity index (χ1) is 30.7. The third-order valence-corrected chi connectivity index (χ3v) is 12.0. The highest BCUT2D eigenvalue weighted by atomic mass is 15.0. The highest BCUT2D eigenvalue weighted by Crippen LogP contribution is 2.39. The summed E-state index contributed by atoms with van der Waals surface area (Å²) in [7, 11) is 0. The molecule has 0 aliphatic carbocycles. The van der Waals surface area contributed by atoms with E-state index in [2.05, 4.69) is 173 Å². The number of fused-ring (bicyclic) bond motifs is 6. The van der Waals surface area contributed by atoms with Crippen molar-refractivity contribution in [1.82, 2.24) is 24.1 Å². The van der Waals surface area contributed by atoms with Gasteiger partial charge in [0.1, 0.15) is 0 Å². The number of benzene rings is 9. The summed E-state index contributed by atoms with van der Waals surface area (Å²) in [5.74, 6) is 1.92. The minimum absolute atomic E-state index is 0.634. The lowest BCUT2D eigenvalue weighted by molar-refractivity contribution is 1.07. The van der Waals surface area contributed by atoms with Crippen molar-refractivity contribution in [3.63, 3.8) is 0 Å². The van der Waals surface area contributed by atoms with Crippen molar-refractivity contribution in [1.29, 1.82) is 0 Å². The van der Waals surface area contributed by atoms with Gasteiger partial charge in [-0.1, -0.05) is 164 Å². The first-order valence-corrected chi connectivity index (χ1v) is 20.9. The fraction of sp³-hybridized carbons (Fsp3) is 0. The van der Waals surface area contributed by atoms with Gasteiger partial charge in [-0.15, -0.1) is 0 Å². The summed E-state index contributed by atoms with van der Waals surface area (Å²) in [6.07, 6.45) is 0. The highest BCUT2D eigenvalue weighted by Gasteiger charge is 2.17. The van der Waals surface area contributed by atoms with Crippen LogP contribution in [0.2, 0.25) is 0 Å². The molecule has 0 saturated heterocycles. The highest BCUT2D eigenvalue weighted by molar-refractivity contribution is 6.11. The fourth-order valence-electron chi connectivity index (χ4n) is 9.04. The normalized spacial score (nSPS) is 11.5. The molecule has 0 aliphatic heterocycles. The third-order valence-electron chi connectivity index (χ3n) is 12.0. The van der Waals surface area contributed by atoms with Crippen LogP contribution in [0.4, 0.5) is 0 Å². The van der Waals surface area contributed by atoms with Crippen LogP contribution in [0.15, 0.2) is 224 Å². The lowest BCUT2D eigenvalue weighted by Gasteiger charge is -2.12. The van der Waals surface area contributed by atoms with Gasteiger partial charge in [-0.2, -0.15) is 0 Å². The van der Waals surface area contributed by atoms with Crippen LogP contribution in [0.25, 0.3) is 111 Å². The van der Waals surface area contributed by atoms with Gasteiger partial charge in [-0.25, -0.2) is 15.0 Å². The minimum atomic E-state index is 0.634. The van der Waals surface area contributed by atoms with E-state index in [1.165, 1.54) is 43.7 Å². The van der Waals surface area contributed by atoms with E-state index >= 15 is 0 Å². The predicted molar refractivity (Wildman–Crippen MR) is 256 cm³/mol. The molecule has 0 amide bonds. The maximum atomic E-state index is 5.02. The summed E-state index contributed by atoms with van der Waals surface area (Å²) < 4.78 is 4.77. The van der Waals surface area contributed by atoms with E-state index in [1.807, 2.05) is 60.7 Å². The summed E-state index contributed by atoms with van der Waals surface area (Å²) in [6, 6.07) is 79.4. The van der Waals surface area contributed by atoms with Crippen molar-refractivity contribution in [3.8, 4) is 67.8 Å². The van der Waals surface area contributed by atoms with Crippen molar-refractivity contribution < 1.29 is 0 Å². The molecule has 0 spiro atoms. The van der Waals surface area contributed by atoms with Crippen LogP contribution in [0, 0.1) is 0 Å². The zero-order chi connectivity index (χ0) is 41.0. The molecule has 0 aliphatic rings. The molecule has 0 saturated carbocycles. The van der Waals surface area contributed by atoms with Gasteiger partial charge in [0.05, 0.1) is 22.1 Å². The van der Waals surface area contributed by atoms with Gasteiger partial charge in [0.15, 0.2) is 17.5 Å². The van der Waals surface area contributed by atoms with Gasteiger partial charge in [0.2, 0.25) is 0 Å². The van der Waals surface area contributed by atoms with Gasteiger partial charge >= 0.3 is 0 Å². The number of aromatic nitrogens is 5. The Morgan fingerprint density at radius 1 is 0.226 bits per heavy atom. The van der Waals surface area contributed by atoms with E-state index in [9.17, 15) is 0 Å². The molecule has 0 unspecified atom stereocenters. The summed E-state index contributed by atoms with van der Waals surface area (Å²) in [4.78, 5) is 14.9. The monoisotopic (exact) mass is 791 g/mol. The number of rotatable bonds is 7. The largest absolute Gasteiger partial charge is 0.309 e. The van der Waals surface area contributed by atoms with Crippen LogP contribution in [0.5, 0.6) is 0 Å². The molecule has 3 heterocycles.